The summed E-state index contributed by atoms with van der Waals surface area (Å²) >= 11 is 0. The Bertz CT molecular complexity index is 490. The molecule has 0 unspecified atom stereocenters. The van der Waals surface area contributed by atoms with E-state index in [-0.39, 0.29) is 31.0 Å². The Morgan fingerprint density at radius 2 is 2.19 bits per heavy atom. The van der Waals surface area contributed by atoms with Crippen molar-refractivity contribution < 1.29 is 9.53 Å². The second-order valence-corrected chi connectivity index (χ2v) is 5.40. The molecule has 0 bridgehead atoms. The van der Waals surface area contributed by atoms with Gasteiger partial charge in [-0.05, 0) is 27.2 Å². The summed E-state index contributed by atoms with van der Waals surface area (Å²) in [4.78, 5) is 13.9. The molecule has 2 N–H and O–H groups in total. The Morgan fingerprint density at radius 3 is 2.76 bits per heavy atom. The molecule has 1 aliphatic heterocycles. The first kappa shape index (κ1) is 17.9. The zero-order chi connectivity index (χ0) is 14.7. The van der Waals surface area contributed by atoms with Gasteiger partial charge in [0.25, 0.3) is 0 Å². The monoisotopic (exact) mass is 316 g/mol. The van der Waals surface area contributed by atoms with Crippen LogP contribution in [0.4, 0.5) is 0 Å². The molecular weight excluding hydrogens is 292 g/mol. The number of hydrogen-bond donors (Lipinski definition) is 1. The van der Waals surface area contributed by atoms with Crippen molar-refractivity contribution in [3.63, 3.8) is 0 Å². The second kappa shape index (κ2) is 7.77. The summed E-state index contributed by atoms with van der Waals surface area (Å²) in [5, 5.41) is 4.45. The van der Waals surface area contributed by atoms with E-state index in [1.807, 2.05) is 13.8 Å². The van der Waals surface area contributed by atoms with Crippen LogP contribution in [0, 0.1) is 13.8 Å². The van der Waals surface area contributed by atoms with Crippen LogP contribution in [0.25, 0.3) is 0 Å². The van der Waals surface area contributed by atoms with Gasteiger partial charge >= 0.3 is 5.97 Å². The van der Waals surface area contributed by atoms with Gasteiger partial charge in [0.05, 0.1) is 12.3 Å². The van der Waals surface area contributed by atoms with E-state index in [1.165, 1.54) is 5.56 Å². The van der Waals surface area contributed by atoms with Crippen LogP contribution in [0.5, 0.6) is 0 Å². The summed E-state index contributed by atoms with van der Waals surface area (Å²) in [6.45, 7) is 9.20. The van der Waals surface area contributed by atoms with Crippen LogP contribution < -0.4 is 5.73 Å². The summed E-state index contributed by atoms with van der Waals surface area (Å²) in [5.41, 5.74) is 9.15. The maximum atomic E-state index is 11.6. The quantitative estimate of drug-likeness (QED) is 0.821. The number of halogens is 1. The van der Waals surface area contributed by atoms with Gasteiger partial charge in [-0.1, -0.05) is 0 Å². The van der Waals surface area contributed by atoms with Gasteiger partial charge in [-0.2, -0.15) is 5.10 Å². The van der Waals surface area contributed by atoms with Gasteiger partial charge in [0, 0.05) is 36.9 Å². The third-order valence-corrected chi connectivity index (χ3v) is 3.81. The lowest BCUT2D eigenvalue weighted by atomic mass is 10.2. The average Bonchev–Trinajstić information content (AvgIpc) is 2.89. The van der Waals surface area contributed by atoms with Crippen LogP contribution in [0.15, 0.2) is 0 Å². The summed E-state index contributed by atoms with van der Waals surface area (Å²) < 4.78 is 6.71. The van der Waals surface area contributed by atoms with Crippen molar-refractivity contribution in [2.75, 3.05) is 19.7 Å². The zero-order valence-corrected chi connectivity index (χ0v) is 13.8. The van der Waals surface area contributed by atoms with Gasteiger partial charge in [-0.3, -0.25) is 14.4 Å². The molecule has 0 aliphatic carbocycles. The number of carbonyl (C=O) groups is 1. The first-order valence-electron chi connectivity index (χ1n) is 7.17. The number of carbonyl (C=O) groups excluding carboxylic acids is 1. The third-order valence-electron chi connectivity index (χ3n) is 3.81. The van der Waals surface area contributed by atoms with Crippen molar-refractivity contribution in [2.45, 2.75) is 46.3 Å². The fourth-order valence-electron chi connectivity index (χ4n) is 2.68. The van der Waals surface area contributed by atoms with Crippen LogP contribution in [-0.2, 0) is 22.6 Å². The highest BCUT2D eigenvalue weighted by Crippen LogP contribution is 2.18. The Kier molecular flexibility index (Phi) is 6.64. The number of nitrogens with two attached hydrogens (primary N) is 1. The molecule has 1 aliphatic rings. The van der Waals surface area contributed by atoms with Crippen LogP contribution in [0.3, 0.4) is 0 Å². The topological polar surface area (TPSA) is 73.4 Å². The van der Waals surface area contributed by atoms with Crippen LogP contribution in [0.2, 0.25) is 0 Å². The highest BCUT2D eigenvalue weighted by atomic mass is 35.5. The molecule has 0 saturated carbocycles. The fourth-order valence-corrected chi connectivity index (χ4v) is 2.68. The van der Waals surface area contributed by atoms with Crippen molar-refractivity contribution in [3.05, 3.63) is 17.0 Å². The molecular formula is C14H25ClN4O2. The van der Waals surface area contributed by atoms with Gasteiger partial charge in [0.1, 0.15) is 6.54 Å². The number of aryl methyl sites for hydroxylation is 1. The molecule has 1 aromatic heterocycles. The van der Waals surface area contributed by atoms with Gasteiger partial charge < -0.3 is 10.5 Å². The van der Waals surface area contributed by atoms with Gasteiger partial charge in [0.2, 0.25) is 0 Å². The van der Waals surface area contributed by atoms with Gasteiger partial charge in [-0.25, -0.2) is 0 Å². The summed E-state index contributed by atoms with van der Waals surface area (Å²) in [6.07, 6.45) is 1.05. The molecule has 2 rings (SSSR count). The minimum atomic E-state index is -0.243. The molecule has 7 heteroatoms. The molecule has 2 heterocycles. The minimum Gasteiger partial charge on any atom is -0.465 e. The largest absolute Gasteiger partial charge is 0.465 e. The highest BCUT2D eigenvalue weighted by molar-refractivity contribution is 5.85. The Hall–Kier alpha value is -1.11. The van der Waals surface area contributed by atoms with E-state index in [0.29, 0.717) is 6.61 Å². The lowest BCUT2D eigenvalue weighted by molar-refractivity contribution is -0.144. The van der Waals surface area contributed by atoms with E-state index in [2.05, 4.69) is 10.00 Å². The molecule has 1 fully saturated rings. The van der Waals surface area contributed by atoms with Crippen molar-refractivity contribution in [3.8, 4) is 0 Å². The summed E-state index contributed by atoms with van der Waals surface area (Å²) in [5.74, 6) is -0.243. The van der Waals surface area contributed by atoms with Crippen molar-refractivity contribution in [1.82, 2.24) is 14.7 Å². The van der Waals surface area contributed by atoms with E-state index in [9.17, 15) is 4.79 Å². The number of aromatic nitrogens is 2. The van der Waals surface area contributed by atoms with E-state index in [0.717, 1.165) is 37.4 Å². The number of likely N-dealkylation sites (tertiary alicyclic amines) is 1. The van der Waals surface area contributed by atoms with Crippen LogP contribution in [-0.4, -0.2) is 46.4 Å². The number of esters is 1. The predicted octanol–water partition coefficient (Wildman–Crippen LogP) is 1.02. The first-order valence-corrected chi connectivity index (χ1v) is 7.17. The van der Waals surface area contributed by atoms with E-state index >= 15 is 0 Å². The number of nitrogens with zero attached hydrogens (tertiary/aromatic N) is 3. The standard InChI is InChI=1S/C14H24N4O2.ClH/c1-4-20-14(19)9-18-11(3)13(10(2)16-18)8-17-6-5-12(15)7-17;/h12H,4-9,15H2,1-3H3;1H/t12-;/m0./s1. The predicted molar refractivity (Wildman–Crippen MR) is 83.5 cm³/mol. The first-order chi connectivity index (χ1) is 9.51. The summed E-state index contributed by atoms with van der Waals surface area (Å²) in [6, 6.07) is 0.283. The molecule has 0 aromatic carbocycles. The molecule has 1 saturated heterocycles. The smallest absolute Gasteiger partial charge is 0.327 e. The molecule has 1 aromatic rings. The Balaban J connectivity index is 0.00000220. The Morgan fingerprint density at radius 1 is 1.48 bits per heavy atom. The molecule has 0 amide bonds. The van der Waals surface area contributed by atoms with E-state index < -0.39 is 0 Å². The highest BCUT2D eigenvalue weighted by Gasteiger charge is 2.22. The maximum absolute atomic E-state index is 11.6. The lowest BCUT2D eigenvalue weighted by Gasteiger charge is -2.15. The molecule has 6 nitrogen and oxygen atoms in total. The van der Waals surface area contributed by atoms with Crippen molar-refractivity contribution in [1.29, 1.82) is 0 Å². The lowest BCUT2D eigenvalue weighted by Crippen LogP contribution is -2.26. The normalized spacial score (nSPS) is 18.6. The van der Waals surface area contributed by atoms with Gasteiger partial charge in [-0.15, -0.1) is 12.4 Å². The summed E-state index contributed by atoms with van der Waals surface area (Å²) in [7, 11) is 0. The van der Waals surface area contributed by atoms with Crippen molar-refractivity contribution in [2.24, 2.45) is 5.73 Å². The average molecular weight is 317 g/mol. The Labute approximate surface area is 132 Å². The number of ether oxygens (including phenoxy) is 1. The molecule has 0 spiro atoms. The third kappa shape index (κ3) is 4.43. The van der Waals surface area contributed by atoms with Crippen LogP contribution >= 0.6 is 12.4 Å². The minimum absolute atomic E-state index is 0. The number of hydrogen-bond acceptors (Lipinski definition) is 5. The van der Waals surface area contributed by atoms with Gasteiger partial charge in [0.15, 0.2) is 0 Å². The van der Waals surface area contributed by atoms with E-state index in [4.69, 9.17) is 10.5 Å². The maximum Gasteiger partial charge on any atom is 0.327 e. The SMILES string of the molecule is CCOC(=O)Cn1nc(C)c(CN2CC[C@H](N)C2)c1C.Cl. The number of rotatable bonds is 5. The zero-order valence-electron chi connectivity index (χ0n) is 13.0. The molecule has 0 radical (unpaired) electrons. The second-order valence-electron chi connectivity index (χ2n) is 5.40. The van der Waals surface area contributed by atoms with Crippen molar-refractivity contribution >= 4 is 18.4 Å². The molecule has 1 atom stereocenters. The fraction of sp³-hybridized carbons (Fsp3) is 0.714. The molecule has 120 valence electrons. The van der Waals surface area contributed by atoms with E-state index in [1.54, 1.807) is 11.6 Å². The van der Waals surface area contributed by atoms with Crippen LogP contribution in [0.1, 0.15) is 30.3 Å². The molecule has 21 heavy (non-hydrogen) atoms.